The van der Waals surface area contributed by atoms with Gasteiger partial charge in [0, 0.05) is 16.6 Å². The van der Waals surface area contributed by atoms with Gasteiger partial charge in [-0.05, 0) is 24.3 Å². The quantitative estimate of drug-likeness (QED) is 0.499. The van der Waals surface area contributed by atoms with Crippen LogP contribution in [0.1, 0.15) is 10.4 Å². The predicted octanol–water partition coefficient (Wildman–Crippen LogP) is 4.30. The van der Waals surface area contributed by atoms with Crippen LogP contribution in [0.2, 0.25) is 0 Å². The number of alkyl halides is 2. The van der Waals surface area contributed by atoms with Gasteiger partial charge in [0.25, 0.3) is 11.7 Å². The zero-order valence-corrected chi connectivity index (χ0v) is 12.1. The summed E-state index contributed by atoms with van der Waals surface area (Å²) >= 11 is 0.212. The molecule has 0 aliphatic carbocycles. The first-order valence-electron chi connectivity index (χ1n) is 6.17. The average Bonchev–Trinajstić information content (AvgIpc) is 2.48. The van der Waals surface area contributed by atoms with Gasteiger partial charge in [-0.1, -0.05) is 23.9 Å². The molecule has 2 rings (SSSR count). The summed E-state index contributed by atoms with van der Waals surface area (Å²) in [6.07, 6.45) is 0. The van der Waals surface area contributed by atoms with Gasteiger partial charge < -0.3 is 5.32 Å². The molecule has 0 saturated carbocycles. The Balaban J connectivity index is 2.26. The number of carbonyl (C=O) groups is 1. The molecular formula is C14H9F3N2O3S. The van der Waals surface area contributed by atoms with Crippen molar-refractivity contribution in [1.82, 2.24) is 0 Å². The molecule has 23 heavy (non-hydrogen) atoms. The summed E-state index contributed by atoms with van der Waals surface area (Å²) in [5.41, 5.74) is -0.817. The third-order valence-electron chi connectivity index (χ3n) is 2.75. The second-order valence-corrected chi connectivity index (χ2v) is 5.28. The molecule has 120 valence electrons. The highest BCUT2D eigenvalue weighted by atomic mass is 32.2. The van der Waals surface area contributed by atoms with Crippen LogP contribution in [0, 0.1) is 15.9 Å². The Morgan fingerprint density at radius 2 is 1.91 bits per heavy atom. The number of thioether (sulfide) groups is 1. The zero-order chi connectivity index (χ0) is 17.0. The average molecular weight is 342 g/mol. The van der Waals surface area contributed by atoms with Crippen molar-refractivity contribution in [3.63, 3.8) is 0 Å². The molecule has 0 fully saturated rings. The van der Waals surface area contributed by atoms with E-state index in [0.717, 1.165) is 18.2 Å². The smallest absolute Gasteiger partial charge is 0.306 e. The Morgan fingerprint density at radius 1 is 1.22 bits per heavy atom. The molecule has 0 heterocycles. The summed E-state index contributed by atoms with van der Waals surface area (Å²) in [5.74, 6) is -4.47. The summed E-state index contributed by atoms with van der Waals surface area (Å²) in [5, 5.41) is 13.0. The highest BCUT2D eigenvalue weighted by molar-refractivity contribution is 7.99. The summed E-state index contributed by atoms with van der Waals surface area (Å²) in [6, 6.07) is 8.55. The van der Waals surface area contributed by atoms with E-state index >= 15 is 0 Å². The van der Waals surface area contributed by atoms with Gasteiger partial charge >= 0.3 is 5.69 Å². The van der Waals surface area contributed by atoms with Crippen LogP contribution in [0.4, 0.5) is 24.5 Å². The van der Waals surface area contributed by atoms with E-state index in [0.29, 0.717) is 0 Å². The number of amides is 1. The molecule has 0 aliphatic rings. The van der Waals surface area contributed by atoms with Gasteiger partial charge in [0.05, 0.1) is 10.5 Å². The number of nitrogens with zero attached hydrogens (tertiary/aromatic N) is 1. The first kappa shape index (κ1) is 16.8. The van der Waals surface area contributed by atoms with Crippen LogP contribution in [0.25, 0.3) is 0 Å². The molecule has 2 aromatic carbocycles. The van der Waals surface area contributed by atoms with Crippen molar-refractivity contribution in [2.45, 2.75) is 10.7 Å². The number of nitrogens with one attached hydrogen (secondary N) is 1. The Morgan fingerprint density at radius 3 is 2.57 bits per heavy atom. The number of benzene rings is 2. The minimum atomic E-state index is -2.70. The van der Waals surface area contributed by atoms with E-state index in [9.17, 15) is 28.1 Å². The fourth-order valence-corrected chi connectivity index (χ4v) is 2.42. The fraction of sp³-hybridized carbons (Fsp3) is 0.0714. The van der Waals surface area contributed by atoms with Gasteiger partial charge in [0.15, 0.2) is 0 Å². The zero-order valence-electron chi connectivity index (χ0n) is 11.3. The van der Waals surface area contributed by atoms with Crippen LogP contribution in [0.15, 0.2) is 47.4 Å². The van der Waals surface area contributed by atoms with Gasteiger partial charge in [0.2, 0.25) is 5.82 Å². The normalized spacial score (nSPS) is 10.6. The molecule has 2 aromatic rings. The lowest BCUT2D eigenvalue weighted by Gasteiger charge is -2.09. The van der Waals surface area contributed by atoms with Crippen molar-refractivity contribution in [2.24, 2.45) is 0 Å². The maximum Gasteiger partial charge on any atom is 0.306 e. The summed E-state index contributed by atoms with van der Waals surface area (Å²) in [4.78, 5) is 22.0. The number of hydrogen-bond donors (Lipinski definition) is 1. The maximum atomic E-state index is 13.2. The van der Waals surface area contributed by atoms with Crippen LogP contribution in [0.3, 0.4) is 0 Å². The molecular weight excluding hydrogens is 333 g/mol. The summed E-state index contributed by atoms with van der Waals surface area (Å²) in [7, 11) is 0. The van der Waals surface area contributed by atoms with Crippen LogP contribution >= 0.6 is 11.8 Å². The van der Waals surface area contributed by atoms with Gasteiger partial charge in [-0.2, -0.15) is 13.2 Å². The largest absolute Gasteiger partial charge is 0.322 e. The molecule has 1 amide bonds. The van der Waals surface area contributed by atoms with Crippen molar-refractivity contribution in [1.29, 1.82) is 0 Å². The van der Waals surface area contributed by atoms with Crippen molar-refractivity contribution in [2.75, 3.05) is 5.32 Å². The second kappa shape index (κ2) is 7.14. The lowest BCUT2D eigenvalue weighted by atomic mass is 10.2. The van der Waals surface area contributed by atoms with Crippen molar-refractivity contribution in [3.8, 4) is 0 Å². The minimum Gasteiger partial charge on any atom is -0.322 e. The monoisotopic (exact) mass is 342 g/mol. The second-order valence-electron chi connectivity index (χ2n) is 4.25. The van der Waals surface area contributed by atoms with E-state index in [1.54, 1.807) is 0 Å². The van der Waals surface area contributed by atoms with E-state index in [1.807, 2.05) is 0 Å². The number of nitro groups is 1. The highest BCUT2D eigenvalue weighted by Crippen LogP contribution is 2.29. The molecule has 0 bridgehead atoms. The number of hydrogen-bond acceptors (Lipinski definition) is 4. The molecule has 0 spiro atoms. The standard InChI is InChI=1S/C14H9F3N2O3S/c15-10-6-5-8(7-11(10)19(21)22)18-13(20)9-3-1-2-4-12(9)23-14(16)17/h1-7,14H,(H,18,20). The molecule has 0 aromatic heterocycles. The Kier molecular flexibility index (Phi) is 5.22. The van der Waals surface area contributed by atoms with E-state index in [1.165, 1.54) is 24.3 Å². The van der Waals surface area contributed by atoms with Gasteiger partial charge in [-0.15, -0.1) is 0 Å². The van der Waals surface area contributed by atoms with Gasteiger partial charge in [-0.3, -0.25) is 14.9 Å². The number of nitro benzene ring substituents is 1. The number of halogens is 3. The van der Waals surface area contributed by atoms with E-state index in [-0.39, 0.29) is 27.9 Å². The predicted molar refractivity (Wildman–Crippen MR) is 79.3 cm³/mol. The molecule has 5 nitrogen and oxygen atoms in total. The molecule has 9 heteroatoms. The maximum absolute atomic E-state index is 13.2. The summed E-state index contributed by atoms with van der Waals surface area (Å²) < 4.78 is 38.2. The molecule has 0 unspecified atom stereocenters. The third kappa shape index (κ3) is 4.22. The van der Waals surface area contributed by atoms with Crippen molar-refractivity contribution in [3.05, 3.63) is 64.0 Å². The minimum absolute atomic E-state index is 0.00946. The lowest BCUT2D eigenvalue weighted by molar-refractivity contribution is -0.387. The molecule has 0 aliphatic heterocycles. The van der Waals surface area contributed by atoms with E-state index in [2.05, 4.69) is 5.32 Å². The number of rotatable bonds is 5. The number of anilines is 1. The van der Waals surface area contributed by atoms with Crippen LogP contribution < -0.4 is 5.32 Å². The first-order chi connectivity index (χ1) is 10.9. The molecule has 0 saturated heterocycles. The highest BCUT2D eigenvalue weighted by Gasteiger charge is 2.18. The van der Waals surface area contributed by atoms with Crippen LogP contribution in [-0.4, -0.2) is 16.6 Å². The van der Waals surface area contributed by atoms with E-state index < -0.39 is 28.1 Å². The van der Waals surface area contributed by atoms with Crippen molar-refractivity contribution < 1.29 is 22.9 Å². The Labute approximate surface area is 132 Å². The Hall–Kier alpha value is -2.55. The van der Waals surface area contributed by atoms with Crippen molar-refractivity contribution >= 4 is 29.0 Å². The molecule has 1 N–H and O–H groups in total. The Bertz CT molecular complexity index is 756. The summed E-state index contributed by atoms with van der Waals surface area (Å²) in [6.45, 7) is 0. The third-order valence-corrected chi connectivity index (χ3v) is 3.54. The van der Waals surface area contributed by atoms with E-state index in [4.69, 9.17) is 0 Å². The fourth-order valence-electron chi connectivity index (χ4n) is 1.78. The lowest BCUT2D eigenvalue weighted by Crippen LogP contribution is -2.13. The van der Waals surface area contributed by atoms with Gasteiger partial charge in [-0.25, -0.2) is 0 Å². The van der Waals surface area contributed by atoms with Crippen LogP contribution in [-0.2, 0) is 0 Å². The molecule has 0 atom stereocenters. The van der Waals surface area contributed by atoms with Crippen LogP contribution in [0.5, 0.6) is 0 Å². The van der Waals surface area contributed by atoms with Gasteiger partial charge in [0.1, 0.15) is 0 Å². The topological polar surface area (TPSA) is 72.2 Å². The first-order valence-corrected chi connectivity index (χ1v) is 7.05. The SMILES string of the molecule is O=C(Nc1ccc(F)c([N+](=O)[O-])c1)c1ccccc1SC(F)F. The number of carbonyl (C=O) groups excluding carboxylic acids is 1. The molecule has 0 radical (unpaired) electrons.